The van der Waals surface area contributed by atoms with Gasteiger partial charge in [-0.15, -0.1) is 0 Å². The summed E-state index contributed by atoms with van der Waals surface area (Å²) in [5, 5.41) is 15.8. The third kappa shape index (κ3) is 3.46. The molecule has 0 spiro atoms. The van der Waals surface area contributed by atoms with Crippen LogP contribution in [0.5, 0.6) is 0 Å². The topological polar surface area (TPSA) is 61.4 Å². The minimum atomic E-state index is -0.0933. The van der Waals surface area contributed by atoms with E-state index in [1.807, 2.05) is 0 Å². The van der Waals surface area contributed by atoms with Crippen LogP contribution in [0.1, 0.15) is 38.5 Å². The maximum absolute atomic E-state index is 11.4. The molecule has 2 aliphatic rings. The van der Waals surface area contributed by atoms with E-state index in [4.69, 9.17) is 0 Å². The third-order valence-electron chi connectivity index (χ3n) is 3.69. The Morgan fingerprint density at radius 2 is 2.25 bits per heavy atom. The first-order valence-corrected chi connectivity index (χ1v) is 6.42. The SMILES string of the molecule is O=C1CC(NCC2CCC(O)C2)CCCN1. The average molecular weight is 226 g/mol. The van der Waals surface area contributed by atoms with Crippen molar-refractivity contribution < 1.29 is 9.90 Å². The van der Waals surface area contributed by atoms with E-state index >= 15 is 0 Å². The summed E-state index contributed by atoms with van der Waals surface area (Å²) in [6.07, 6.45) is 5.64. The molecular weight excluding hydrogens is 204 g/mol. The van der Waals surface area contributed by atoms with E-state index < -0.39 is 0 Å². The quantitative estimate of drug-likeness (QED) is 0.653. The van der Waals surface area contributed by atoms with Crippen LogP contribution in [-0.4, -0.2) is 36.2 Å². The molecule has 3 atom stereocenters. The molecule has 3 N–H and O–H groups in total. The number of amides is 1. The van der Waals surface area contributed by atoms with Crippen molar-refractivity contribution in [3.63, 3.8) is 0 Å². The molecule has 1 amide bonds. The lowest BCUT2D eigenvalue weighted by atomic mass is 10.1. The molecule has 4 heteroatoms. The standard InChI is InChI=1S/C12H22N2O2/c15-11-4-3-9(6-11)8-14-10-2-1-5-13-12(16)7-10/h9-11,14-15H,1-8H2,(H,13,16). The highest BCUT2D eigenvalue weighted by atomic mass is 16.3. The van der Waals surface area contributed by atoms with Crippen LogP contribution in [-0.2, 0) is 4.79 Å². The lowest BCUT2D eigenvalue weighted by Gasteiger charge is -2.18. The van der Waals surface area contributed by atoms with Gasteiger partial charge in [0.2, 0.25) is 5.91 Å². The molecule has 4 nitrogen and oxygen atoms in total. The van der Waals surface area contributed by atoms with Crippen LogP contribution >= 0.6 is 0 Å². The molecule has 0 aromatic carbocycles. The molecule has 0 aromatic rings. The molecule has 1 saturated heterocycles. The van der Waals surface area contributed by atoms with Gasteiger partial charge in [-0.05, 0) is 44.6 Å². The van der Waals surface area contributed by atoms with Gasteiger partial charge in [-0.1, -0.05) is 0 Å². The van der Waals surface area contributed by atoms with Gasteiger partial charge >= 0.3 is 0 Å². The second-order valence-corrected chi connectivity index (χ2v) is 5.13. The van der Waals surface area contributed by atoms with Gasteiger partial charge in [0.25, 0.3) is 0 Å². The maximum Gasteiger partial charge on any atom is 0.221 e. The Balaban J connectivity index is 1.70. The van der Waals surface area contributed by atoms with Crippen molar-refractivity contribution >= 4 is 5.91 Å². The van der Waals surface area contributed by atoms with Crippen molar-refractivity contribution in [2.45, 2.75) is 50.7 Å². The molecule has 0 bridgehead atoms. The molecule has 1 heterocycles. The minimum absolute atomic E-state index is 0.0933. The van der Waals surface area contributed by atoms with E-state index in [9.17, 15) is 9.90 Å². The highest BCUT2D eigenvalue weighted by Gasteiger charge is 2.24. The summed E-state index contributed by atoms with van der Waals surface area (Å²) in [7, 11) is 0. The first-order chi connectivity index (χ1) is 7.74. The summed E-state index contributed by atoms with van der Waals surface area (Å²) in [6.45, 7) is 1.77. The molecule has 1 saturated carbocycles. The summed E-state index contributed by atoms with van der Waals surface area (Å²) in [5.41, 5.74) is 0. The second kappa shape index (κ2) is 5.64. The number of nitrogens with one attached hydrogen (secondary N) is 2. The van der Waals surface area contributed by atoms with Gasteiger partial charge in [-0.3, -0.25) is 4.79 Å². The minimum Gasteiger partial charge on any atom is -0.393 e. The highest BCUT2D eigenvalue weighted by Crippen LogP contribution is 2.24. The third-order valence-corrected chi connectivity index (χ3v) is 3.69. The van der Waals surface area contributed by atoms with Crippen LogP contribution in [0.4, 0.5) is 0 Å². The molecule has 92 valence electrons. The van der Waals surface area contributed by atoms with Crippen molar-refractivity contribution in [2.75, 3.05) is 13.1 Å². The molecule has 0 radical (unpaired) electrons. The van der Waals surface area contributed by atoms with Crippen LogP contribution in [0.3, 0.4) is 0 Å². The lowest BCUT2D eigenvalue weighted by Crippen LogP contribution is -2.35. The Kier molecular flexibility index (Phi) is 4.18. The largest absolute Gasteiger partial charge is 0.393 e. The zero-order chi connectivity index (χ0) is 11.4. The summed E-state index contributed by atoms with van der Waals surface area (Å²) >= 11 is 0. The van der Waals surface area contributed by atoms with Crippen molar-refractivity contribution in [1.29, 1.82) is 0 Å². The van der Waals surface area contributed by atoms with Gasteiger partial charge in [0.05, 0.1) is 6.10 Å². The molecular formula is C12H22N2O2. The molecule has 2 rings (SSSR count). The van der Waals surface area contributed by atoms with Gasteiger partial charge in [0, 0.05) is 19.0 Å². The maximum atomic E-state index is 11.4. The Morgan fingerprint density at radius 1 is 1.38 bits per heavy atom. The van der Waals surface area contributed by atoms with Gasteiger partial charge in [0.15, 0.2) is 0 Å². The first-order valence-electron chi connectivity index (χ1n) is 6.42. The smallest absolute Gasteiger partial charge is 0.221 e. The van der Waals surface area contributed by atoms with Crippen molar-refractivity contribution in [2.24, 2.45) is 5.92 Å². The molecule has 16 heavy (non-hydrogen) atoms. The van der Waals surface area contributed by atoms with E-state index in [2.05, 4.69) is 10.6 Å². The molecule has 0 aromatic heterocycles. The Labute approximate surface area is 96.8 Å². The Bertz CT molecular complexity index is 245. The number of rotatable bonds is 3. The lowest BCUT2D eigenvalue weighted by molar-refractivity contribution is -0.121. The zero-order valence-electron chi connectivity index (χ0n) is 9.74. The van der Waals surface area contributed by atoms with Crippen LogP contribution in [0.15, 0.2) is 0 Å². The number of carbonyl (C=O) groups is 1. The van der Waals surface area contributed by atoms with E-state index in [0.29, 0.717) is 18.4 Å². The number of hydrogen-bond acceptors (Lipinski definition) is 3. The van der Waals surface area contributed by atoms with E-state index in [1.54, 1.807) is 0 Å². The van der Waals surface area contributed by atoms with Crippen LogP contribution < -0.4 is 10.6 Å². The van der Waals surface area contributed by atoms with Crippen LogP contribution in [0.25, 0.3) is 0 Å². The summed E-state index contributed by atoms with van der Waals surface area (Å²) in [6, 6.07) is 0.334. The normalized spacial score (nSPS) is 35.8. The highest BCUT2D eigenvalue weighted by molar-refractivity contribution is 5.76. The molecule has 1 aliphatic heterocycles. The van der Waals surface area contributed by atoms with E-state index in [-0.39, 0.29) is 12.0 Å². The number of aliphatic hydroxyl groups excluding tert-OH is 1. The monoisotopic (exact) mass is 226 g/mol. The second-order valence-electron chi connectivity index (χ2n) is 5.13. The number of aliphatic hydroxyl groups is 1. The van der Waals surface area contributed by atoms with Gasteiger partial charge in [-0.2, -0.15) is 0 Å². The fourth-order valence-corrected chi connectivity index (χ4v) is 2.72. The van der Waals surface area contributed by atoms with Crippen molar-refractivity contribution in [1.82, 2.24) is 10.6 Å². The van der Waals surface area contributed by atoms with E-state index in [0.717, 1.165) is 45.2 Å². The molecule has 2 fully saturated rings. The van der Waals surface area contributed by atoms with Gasteiger partial charge in [0.1, 0.15) is 0 Å². The van der Waals surface area contributed by atoms with Crippen LogP contribution in [0, 0.1) is 5.92 Å². The predicted octanol–water partition coefficient (Wildman–Crippen LogP) is 0.406. The average Bonchev–Trinajstić information content (AvgIpc) is 2.55. The van der Waals surface area contributed by atoms with E-state index in [1.165, 1.54) is 0 Å². The van der Waals surface area contributed by atoms with Crippen LogP contribution in [0.2, 0.25) is 0 Å². The summed E-state index contributed by atoms with van der Waals surface area (Å²) in [4.78, 5) is 11.4. The predicted molar refractivity (Wildman–Crippen MR) is 62.0 cm³/mol. The zero-order valence-corrected chi connectivity index (χ0v) is 9.74. The fourth-order valence-electron chi connectivity index (χ4n) is 2.72. The fraction of sp³-hybridized carbons (Fsp3) is 0.917. The number of hydrogen-bond donors (Lipinski definition) is 3. The molecule has 1 aliphatic carbocycles. The summed E-state index contributed by atoms with van der Waals surface area (Å²) < 4.78 is 0. The first kappa shape index (κ1) is 11.9. The summed E-state index contributed by atoms with van der Waals surface area (Å²) in [5.74, 6) is 0.766. The number of carbonyl (C=O) groups excluding carboxylic acids is 1. The Morgan fingerprint density at radius 3 is 3.00 bits per heavy atom. The molecule has 3 unspecified atom stereocenters. The van der Waals surface area contributed by atoms with Crippen molar-refractivity contribution in [3.05, 3.63) is 0 Å². The van der Waals surface area contributed by atoms with Gasteiger partial charge in [-0.25, -0.2) is 0 Å². The van der Waals surface area contributed by atoms with Crippen molar-refractivity contribution in [3.8, 4) is 0 Å². The van der Waals surface area contributed by atoms with Gasteiger partial charge < -0.3 is 15.7 Å². The Hall–Kier alpha value is -0.610.